The first-order chi connectivity index (χ1) is 13.2. The van der Waals surface area contributed by atoms with Crippen molar-refractivity contribution < 1.29 is 12.8 Å². The number of benzene rings is 1. The highest BCUT2D eigenvalue weighted by Crippen LogP contribution is 2.23. The Hall–Kier alpha value is -2.42. The number of hydrogen-bond donors (Lipinski definition) is 1. The zero-order valence-corrected chi connectivity index (χ0v) is 17.2. The van der Waals surface area contributed by atoms with Crippen LogP contribution in [0.2, 0.25) is 0 Å². The molecule has 2 heterocycles. The van der Waals surface area contributed by atoms with Crippen molar-refractivity contribution in [2.75, 3.05) is 32.4 Å². The van der Waals surface area contributed by atoms with Crippen LogP contribution in [0.3, 0.4) is 0 Å². The Kier molecular flexibility index (Phi) is 5.74. The highest BCUT2D eigenvalue weighted by Gasteiger charge is 2.40. The number of aromatic nitrogens is 2. The molecule has 1 aliphatic rings. The van der Waals surface area contributed by atoms with E-state index in [1.165, 1.54) is 12.1 Å². The molecule has 152 valence electrons. The van der Waals surface area contributed by atoms with E-state index < -0.39 is 14.6 Å². The number of nitrogens with one attached hydrogen (secondary N) is 1. The van der Waals surface area contributed by atoms with Crippen LogP contribution in [-0.4, -0.2) is 66.2 Å². The third-order valence-electron chi connectivity index (χ3n) is 4.95. The predicted molar refractivity (Wildman–Crippen MR) is 108 cm³/mol. The third-order valence-corrected chi connectivity index (χ3v) is 7.49. The van der Waals surface area contributed by atoms with E-state index in [1.807, 2.05) is 17.2 Å². The number of rotatable bonds is 4. The topological polar surface area (TPSA) is 79.6 Å². The van der Waals surface area contributed by atoms with Crippen molar-refractivity contribution in [2.45, 2.75) is 25.0 Å². The molecule has 1 fully saturated rings. The lowest BCUT2D eigenvalue weighted by Gasteiger charge is -2.39. The van der Waals surface area contributed by atoms with Crippen molar-refractivity contribution in [3.05, 3.63) is 48.0 Å². The number of halogens is 1. The van der Waals surface area contributed by atoms with Crippen LogP contribution < -0.4 is 5.32 Å². The van der Waals surface area contributed by atoms with Crippen LogP contribution in [0.15, 0.2) is 41.5 Å². The summed E-state index contributed by atoms with van der Waals surface area (Å²) in [7, 11) is -1.39. The summed E-state index contributed by atoms with van der Waals surface area (Å²) in [6.07, 6.45) is 2.53. The molecule has 1 saturated heterocycles. The fourth-order valence-corrected chi connectivity index (χ4v) is 4.56. The predicted octanol–water partition coefficient (Wildman–Crippen LogP) is 1.64. The van der Waals surface area contributed by atoms with Crippen LogP contribution in [0, 0.1) is 5.82 Å². The molecule has 2 aromatic rings. The van der Waals surface area contributed by atoms with E-state index in [0.29, 0.717) is 32.0 Å². The Morgan fingerprint density at radius 2 is 2.00 bits per heavy atom. The van der Waals surface area contributed by atoms with Crippen molar-refractivity contribution >= 4 is 15.8 Å². The maximum atomic E-state index is 13.0. The molecular formula is C19H26FN5O2S. The minimum absolute atomic E-state index is 0.128. The zero-order chi connectivity index (χ0) is 20.4. The van der Waals surface area contributed by atoms with E-state index in [1.54, 1.807) is 37.7 Å². The fourth-order valence-electron chi connectivity index (χ4n) is 3.19. The minimum atomic E-state index is -3.09. The maximum absolute atomic E-state index is 13.0. The van der Waals surface area contributed by atoms with Crippen LogP contribution in [-0.2, 0) is 16.3 Å². The Morgan fingerprint density at radius 3 is 2.64 bits per heavy atom. The van der Waals surface area contributed by atoms with Gasteiger partial charge in [-0.2, -0.15) is 5.10 Å². The molecular weight excluding hydrogens is 381 g/mol. The van der Waals surface area contributed by atoms with Gasteiger partial charge < -0.3 is 10.2 Å². The maximum Gasteiger partial charge on any atom is 0.193 e. The molecule has 0 aliphatic carbocycles. The summed E-state index contributed by atoms with van der Waals surface area (Å²) in [5, 5.41) is 7.80. The summed E-state index contributed by atoms with van der Waals surface area (Å²) in [5.74, 6) is 0.546. The summed E-state index contributed by atoms with van der Waals surface area (Å²) < 4.78 is 38.3. The van der Waals surface area contributed by atoms with Crippen molar-refractivity contribution in [1.82, 2.24) is 20.0 Å². The van der Waals surface area contributed by atoms with Gasteiger partial charge in [-0.15, -0.1) is 0 Å². The van der Waals surface area contributed by atoms with Gasteiger partial charge in [-0.25, -0.2) is 17.5 Å². The molecule has 7 nitrogen and oxygen atoms in total. The molecule has 1 aromatic carbocycles. The molecule has 0 spiro atoms. The van der Waals surface area contributed by atoms with Crippen LogP contribution in [0.25, 0.3) is 5.69 Å². The van der Waals surface area contributed by atoms with Crippen molar-refractivity contribution in [1.29, 1.82) is 0 Å². The van der Waals surface area contributed by atoms with Gasteiger partial charge in [0.2, 0.25) is 0 Å². The third kappa shape index (κ3) is 4.35. The second-order valence-electron chi connectivity index (χ2n) is 7.45. The van der Waals surface area contributed by atoms with Gasteiger partial charge >= 0.3 is 0 Å². The highest BCUT2D eigenvalue weighted by atomic mass is 32.2. The van der Waals surface area contributed by atoms with Crippen molar-refractivity contribution in [3.8, 4) is 5.69 Å². The molecule has 0 bridgehead atoms. The molecule has 0 unspecified atom stereocenters. The number of sulfone groups is 1. The van der Waals surface area contributed by atoms with Crippen molar-refractivity contribution in [3.63, 3.8) is 0 Å². The minimum Gasteiger partial charge on any atom is -0.356 e. The standard InChI is InChI=1S/C19H26FN5O2S/c1-19(2)14-24(12-13-28(19,26)27)18(21-3)22-10-8-16-9-11-25(23-16)17-6-4-15(20)5-7-17/h4-7,9,11H,8,10,12-14H2,1-3H3,(H,21,22). The van der Waals surface area contributed by atoms with Gasteiger partial charge in [-0.3, -0.25) is 4.99 Å². The molecule has 1 N–H and O–H groups in total. The van der Waals surface area contributed by atoms with Crippen molar-refractivity contribution in [2.24, 2.45) is 4.99 Å². The lowest BCUT2D eigenvalue weighted by atomic mass is 10.2. The van der Waals surface area contributed by atoms with E-state index in [9.17, 15) is 12.8 Å². The molecule has 0 amide bonds. The van der Waals surface area contributed by atoms with Gasteiger partial charge in [-0.1, -0.05) is 0 Å². The quantitative estimate of drug-likeness (QED) is 0.616. The monoisotopic (exact) mass is 407 g/mol. The van der Waals surface area contributed by atoms with Crippen LogP contribution in [0.5, 0.6) is 0 Å². The SMILES string of the molecule is CN=C(NCCc1ccn(-c2ccc(F)cc2)n1)N1CCS(=O)(=O)C(C)(C)C1. The average molecular weight is 408 g/mol. The lowest BCUT2D eigenvalue weighted by Crippen LogP contribution is -2.57. The fraction of sp³-hybridized carbons (Fsp3) is 0.474. The molecule has 0 saturated carbocycles. The first kappa shape index (κ1) is 20.3. The van der Waals surface area contributed by atoms with E-state index in [0.717, 1.165) is 11.4 Å². The summed E-state index contributed by atoms with van der Waals surface area (Å²) in [4.78, 5) is 6.28. The molecule has 1 aliphatic heterocycles. The Balaban J connectivity index is 1.56. The molecule has 9 heteroatoms. The number of aliphatic imine (C=N–C) groups is 1. The second kappa shape index (κ2) is 7.90. The molecule has 0 atom stereocenters. The van der Waals surface area contributed by atoms with E-state index in [2.05, 4.69) is 15.4 Å². The molecule has 28 heavy (non-hydrogen) atoms. The molecule has 0 radical (unpaired) electrons. The van der Waals surface area contributed by atoms with Gasteiger partial charge in [0.1, 0.15) is 5.82 Å². The first-order valence-corrected chi connectivity index (χ1v) is 10.9. The first-order valence-electron chi connectivity index (χ1n) is 9.20. The summed E-state index contributed by atoms with van der Waals surface area (Å²) >= 11 is 0. The largest absolute Gasteiger partial charge is 0.356 e. The average Bonchev–Trinajstić information content (AvgIpc) is 3.11. The summed E-state index contributed by atoms with van der Waals surface area (Å²) in [6, 6.07) is 8.09. The molecule has 1 aromatic heterocycles. The second-order valence-corrected chi connectivity index (χ2v) is 10.2. The van der Waals surface area contributed by atoms with Gasteiger partial charge in [0, 0.05) is 39.3 Å². The van der Waals surface area contributed by atoms with Gasteiger partial charge in [0.25, 0.3) is 0 Å². The van der Waals surface area contributed by atoms with Gasteiger partial charge in [0.15, 0.2) is 15.8 Å². The Labute approximate surface area is 165 Å². The normalized spacial score (nSPS) is 18.9. The smallest absolute Gasteiger partial charge is 0.193 e. The van der Waals surface area contributed by atoms with Crippen LogP contribution in [0.1, 0.15) is 19.5 Å². The van der Waals surface area contributed by atoms with Crippen LogP contribution >= 0.6 is 0 Å². The number of nitrogens with zero attached hydrogens (tertiary/aromatic N) is 4. The van der Waals surface area contributed by atoms with Gasteiger partial charge in [0.05, 0.1) is 21.9 Å². The Bertz CT molecular complexity index is 951. The van der Waals surface area contributed by atoms with Gasteiger partial charge in [-0.05, 0) is 44.2 Å². The number of guanidine groups is 1. The summed E-state index contributed by atoms with van der Waals surface area (Å²) in [6.45, 7) is 4.98. The number of hydrogen-bond acceptors (Lipinski definition) is 4. The van der Waals surface area contributed by atoms with E-state index in [-0.39, 0.29) is 11.6 Å². The van der Waals surface area contributed by atoms with Crippen LogP contribution in [0.4, 0.5) is 4.39 Å². The zero-order valence-electron chi connectivity index (χ0n) is 16.4. The lowest BCUT2D eigenvalue weighted by molar-refractivity contribution is 0.353. The van der Waals surface area contributed by atoms with E-state index in [4.69, 9.17) is 0 Å². The Morgan fingerprint density at radius 1 is 1.29 bits per heavy atom. The summed E-state index contributed by atoms with van der Waals surface area (Å²) in [5.41, 5.74) is 1.70. The molecule has 3 rings (SSSR count). The highest BCUT2D eigenvalue weighted by molar-refractivity contribution is 7.92. The van der Waals surface area contributed by atoms with E-state index >= 15 is 0 Å².